The van der Waals surface area contributed by atoms with Gasteiger partial charge in [0.05, 0.1) is 18.6 Å². The SMILES string of the molecule is CCOC(=O)CSc1ccc(Oc2c(F)cnc(Oc3cc(C(=N)N)ccc3O)c2F)c(C2N=CCN2C)c1. The first-order chi connectivity index (χ1) is 18.7. The number of carbonyl (C=O) groups excluding carboxylic acids is 1. The number of aromatic nitrogens is 1. The van der Waals surface area contributed by atoms with Gasteiger partial charge >= 0.3 is 5.97 Å². The highest BCUT2D eigenvalue weighted by Crippen LogP contribution is 2.40. The number of carbonyl (C=O) groups is 1. The topological polar surface area (TPSA) is 143 Å². The Morgan fingerprint density at radius 1 is 1.23 bits per heavy atom. The maximum Gasteiger partial charge on any atom is 0.316 e. The molecule has 0 bridgehead atoms. The molecule has 0 saturated carbocycles. The van der Waals surface area contributed by atoms with Crippen molar-refractivity contribution in [1.29, 1.82) is 5.41 Å². The minimum atomic E-state index is -1.25. The first-order valence-electron chi connectivity index (χ1n) is 11.7. The minimum Gasteiger partial charge on any atom is -0.504 e. The summed E-state index contributed by atoms with van der Waals surface area (Å²) in [6.45, 7) is 2.55. The van der Waals surface area contributed by atoms with E-state index >= 15 is 4.39 Å². The number of phenolic OH excluding ortho intramolecular Hbond substituents is 1. The van der Waals surface area contributed by atoms with Crippen molar-refractivity contribution >= 4 is 29.8 Å². The summed E-state index contributed by atoms with van der Waals surface area (Å²) >= 11 is 1.25. The van der Waals surface area contributed by atoms with E-state index in [-0.39, 0.29) is 47.0 Å². The van der Waals surface area contributed by atoms with Crippen LogP contribution in [-0.4, -0.2) is 59.0 Å². The van der Waals surface area contributed by atoms with Gasteiger partial charge in [-0.3, -0.25) is 20.1 Å². The number of nitrogens with zero attached hydrogens (tertiary/aromatic N) is 3. The second-order valence-corrected chi connectivity index (χ2v) is 9.34. The quantitative estimate of drug-likeness (QED) is 0.141. The predicted octanol–water partition coefficient (Wildman–Crippen LogP) is 4.60. The molecule has 1 unspecified atom stereocenters. The molecule has 4 rings (SSSR count). The number of pyridine rings is 1. The smallest absolute Gasteiger partial charge is 0.316 e. The largest absolute Gasteiger partial charge is 0.504 e. The molecule has 0 saturated heterocycles. The number of hydrogen-bond donors (Lipinski definition) is 3. The highest BCUT2D eigenvalue weighted by Gasteiger charge is 2.27. The zero-order chi connectivity index (χ0) is 28.1. The van der Waals surface area contributed by atoms with Crippen LogP contribution in [0.4, 0.5) is 8.78 Å². The zero-order valence-electron chi connectivity index (χ0n) is 21.0. The van der Waals surface area contributed by atoms with E-state index in [4.69, 9.17) is 25.4 Å². The van der Waals surface area contributed by atoms with Crippen LogP contribution in [0.5, 0.6) is 28.9 Å². The Hall–Kier alpha value is -4.23. The first kappa shape index (κ1) is 27.8. The number of hydrogen-bond acceptors (Lipinski definition) is 10. The lowest BCUT2D eigenvalue weighted by atomic mass is 10.1. The molecule has 10 nitrogen and oxygen atoms in total. The molecule has 0 radical (unpaired) electrons. The maximum atomic E-state index is 15.4. The molecular weight excluding hydrogens is 532 g/mol. The summed E-state index contributed by atoms with van der Waals surface area (Å²) in [7, 11) is 1.83. The molecule has 3 aromatic rings. The van der Waals surface area contributed by atoms with Crippen molar-refractivity contribution < 1.29 is 32.9 Å². The van der Waals surface area contributed by atoms with Gasteiger partial charge in [0.25, 0.3) is 5.88 Å². The number of phenols is 1. The van der Waals surface area contributed by atoms with E-state index in [0.717, 1.165) is 6.20 Å². The molecule has 2 heterocycles. The Morgan fingerprint density at radius 3 is 2.72 bits per heavy atom. The fourth-order valence-corrected chi connectivity index (χ4v) is 4.38. The zero-order valence-corrected chi connectivity index (χ0v) is 21.8. The Balaban J connectivity index is 1.66. The van der Waals surface area contributed by atoms with Gasteiger partial charge in [0.15, 0.2) is 17.3 Å². The number of amidine groups is 1. The lowest BCUT2D eigenvalue weighted by molar-refractivity contribution is -0.139. The molecule has 0 amide bonds. The highest BCUT2D eigenvalue weighted by molar-refractivity contribution is 8.00. The van der Waals surface area contributed by atoms with Gasteiger partial charge in [-0.15, -0.1) is 11.8 Å². The number of benzene rings is 2. The van der Waals surface area contributed by atoms with Gasteiger partial charge < -0.3 is 25.1 Å². The summed E-state index contributed by atoms with van der Waals surface area (Å²) in [4.78, 5) is 22.5. The second-order valence-electron chi connectivity index (χ2n) is 8.29. The molecule has 204 valence electrons. The molecule has 1 aliphatic rings. The van der Waals surface area contributed by atoms with E-state index in [1.807, 2.05) is 11.9 Å². The number of halogens is 2. The van der Waals surface area contributed by atoms with Crippen LogP contribution in [0.1, 0.15) is 24.2 Å². The van der Waals surface area contributed by atoms with Crippen LogP contribution in [0.15, 0.2) is 52.5 Å². The van der Waals surface area contributed by atoms with Gasteiger partial charge in [0.1, 0.15) is 17.8 Å². The summed E-state index contributed by atoms with van der Waals surface area (Å²) < 4.78 is 46.3. The normalized spacial score (nSPS) is 14.8. The van der Waals surface area contributed by atoms with Gasteiger partial charge in [-0.1, -0.05) is 0 Å². The van der Waals surface area contributed by atoms with Crippen molar-refractivity contribution in [3.63, 3.8) is 0 Å². The Morgan fingerprint density at radius 2 is 2.03 bits per heavy atom. The summed E-state index contributed by atoms with van der Waals surface area (Å²) in [6.07, 6.45) is 1.95. The van der Waals surface area contributed by atoms with Crippen LogP contribution in [0.3, 0.4) is 0 Å². The lowest BCUT2D eigenvalue weighted by Crippen LogP contribution is -2.19. The lowest BCUT2D eigenvalue weighted by Gasteiger charge is -2.22. The van der Waals surface area contributed by atoms with Crippen LogP contribution in [0.2, 0.25) is 0 Å². The van der Waals surface area contributed by atoms with Crippen LogP contribution >= 0.6 is 11.8 Å². The Bertz CT molecular complexity index is 1440. The number of nitrogen functional groups attached to an aromatic ring is 1. The average Bonchev–Trinajstić information content (AvgIpc) is 3.34. The van der Waals surface area contributed by atoms with Crippen molar-refractivity contribution in [2.75, 3.05) is 26.0 Å². The highest BCUT2D eigenvalue weighted by atomic mass is 32.2. The molecule has 1 atom stereocenters. The number of aliphatic imine (C=N–C) groups is 1. The van der Waals surface area contributed by atoms with Crippen LogP contribution < -0.4 is 15.2 Å². The van der Waals surface area contributed by atoms with Crippen molar-refractivity contribution in [2.45, 2.75) is 18.0 Å². The summed E-state index contributed by atoms with van der Waals surface area (Å²) in [5, 5.41) is 17.6. The van der Waals surface area contributed by atoms with E-state index < -0.39 is 29.4 Å². The van der Waals surface area contributed by atoms with Crippen LogP contribution in [0.25, 0.3) is 0 Å². The fraction of sp³-hybridized carbons (Fsp3) is 0.231. The van der Waals surface area contributed by atoms with Crippen LogP contribution in [-0.2, 0) is 9.53 Å². The first-order valence-corrected chi connectivity index (χ1v) is 12.7. The Kier molecular flexibility index (Phi) is 8.62. The van der Waals surface area contributed by atoms with Crippen molar-refractivity contribution in [3.05, 3.63) is 65.4 Å². The summed E-state index contributed by atoms with van der Waals surface area (Å²) in [5.74, 6) is -4.84. The molecule has 1 aliphatic heterocycles. The van der Waals surface area contributed by atoms with E-state index in [1.54, 1.807) is 25.3 Å². The maximum absolute atomic E-state index is 15.4. The number of rotatable bonds is 10. The van der Waals surface area contributed by atoms with E-state index in [1.165, 1.54) is 36.0 Å². The van der Waals surface area contributed by atoms with E-state index in [9.17, 15) is 14.3 Å². The molecule has 13 heteroatoms. The molecule has 2 aromatic carbocycles. The van der Waals surface area contributed by atoms with Crippen molar-refractivity contribution in [3.8, 4) is 28.9 Å². The molecule has 39 heavy (non-hydrogen) atoms. The van der Waals surface area contributed by atoms with Gasteiger partial charge in [-0.2, -0.15) is 4.39 Å². The number of ether oxygens (including phenoxy) is 3. The molecule has 0 fully saturated rings. The predicted molar refractivity (Wildman–Crippen MR) is 141 cm³/mol. The van der Waals surface area contributed by atoms with E-state index in [0.29, 0.717) is 17.0 Å². The second kappa shape index (κ2) is 12.1. The fourth-order valence-electron chi connectivity index (χ4n) is 3.64. The number of esters is 1. The molecule has 4 N–H and O–H groups in total. The third kappa shape index (κ3) is 6.44. The monoisotopic (exact) mass is 557 g/mol. The number of nitrogens with two attached hydrogens (primary N) is 1. The van der Waals surface area contributed by atoms with Gasteiger partial charge in [-0.05, 0) is 50.4 Å². The van der Waals surface area contributed by atoms with Gasteiger partial charge in [0, 0.05) is 28.8 Å². The molecule has 0 aliphatic carbocycles. The number of thioether (sulfide) groups is 1. The average molecular weight is 558 g/mol. The Labute approximate surface area is 226 Å². The van der Waals surface area contributed by atoms with Crippen molar-refractivity contribution in [1.82, 2.24) is 9.88 Å². The molecular formula is C26H25F2N5O5S. The third-order valence-electron chi connectivity index (χ3n) is 5.54. The number of nitrogens with one attached hydrogen (secondary N) is 1. The molecule has 1 aromatic heterocycles. The van der Waals surface area contributed by atoms with Gasteiger partial charge in [-0.25, -0.2) is 9.37 Å². The summed E-state index contributed by atoms with van der Waals surface area (Å²) in [6, 6.07) is 8.75. The van der Waals surface area contributed by atoms with E-state index in [2.05, 4.69) is 9.98 Å². The van der Waals surface area contributed by atoms with Crippen molar-refractivity contribution in [2.24, 2.45) is 10.7 Å². The standard InChI is InChI=1S/C26H25F2N5O5S/c1-3-36-21(35)13-39-15-5-7-19(16(11-15)25-31-8-9-33(25)2)37-23-17(27)12-32-26(22(23)28)38-20-10-14(24(29)30)4-6-18(20)34/h4-8,10-12,25,34H,3,9,13H2,1-2H3,(H3,29,30). The number of aromatic hydroxyl groups is 1. The summed E-state index contributed by atoms with van der Waals surface area (Å²) in [5.41, 5.74) is 6.20. The van der Waals surface area contributed by atoms with Crippen LogP contribution in [0, 0.1) is 17.0 Å². The molecule has 0 spiro atoms. The minimum absolute atomic E-state index is 0.0865. The third-order valence-corrected chi connectivity index (χ3v) is 6.51. The van der Waals surface area contributed by atoms with Gasteiger partial charge in [0.2, 0.25) is 11.6 Å².